The van der Waals surface area contributed by atoms with E-state index in [2.05, 4.69) is 15.6 Å². The fraction of sp³-hybridized carbons (Fsp3) is 0.636. The summed E-state index contributed by atoms with van der Waals surface area (Å²) < 4.78 is 10.4. The Labute approximate surface area is 107 Å². The van der Waals surface area contributed by atoms with Gasteiger partial charge in [-0.05, 0) is 33.0 Å². The van der Waals surface area contributed by atoms with Crippen LogP contribution in [0.4, 0.5) is 0 Å². The highest BCUT2D eigenvalue weighted by molar-refractivity contribution is 7.80. The van der Waals surface area contributed by atoms with Gasteiger partial charge >= 0.3 is 0 Å². The van der Waals surface area contributed by atoms with Gasteiger partial charge in [-0.3, -0.25) is 0 Å². The molecule has 1 aromatic rings. The van der Waals surface area contributed by atoms with Crippen LogP contribution in [0.15, 0.2) is 10.6 Å². The van der Waals surface area contributed by atoms with Crippen molar-refractivity contribution in [3.05, 3.63) is 17.8 Å². The van der Waals surface area contributed by atoms with Crippen LogP contribution < -0.4 is 10.6 Å². The molecule has 0 aromatic carbocycles. The van der Waals surface area contributed by atoms with E-state index in [4.69, 9.17) is 21.4 Å². The largest absolute Gasteiger partial charge is 0.444 e. The Morgan fingerprint density at radius 2 is 2.24 bits per heavy atom. The molecule has 0 aliphatic rings. The summed E-state index contributed by atoms with van der Waals surface area (Å²) in [7, 11) is 1.66. The highest BCUT2D eigenvalue weighted by Crippen LogP contribution is 2.11. The standard InChI is InChI=1S/C11H19N3O2S/c1-7(6-15-4)13-11(17)14-9(3)10-12-5-8(2)16-10/h5,7,9H,6H2,1-4H3,(H2,13,14,17). The summed E-state index contributed by atoms with van der Waals surface area (Å²) in [5.41, 5.74) is 0. The van der Waals surface area contributed by atoms with Gasteiger partial charge in [0.25, 0.3) is 0 Å². The van der Waals surface area contributed by atoms with Gasteiger partial charge in [0.1, 0.15) is 11.8 Å². The van der Waals surface area contributed by atoms with E-state index in [1.165, 1.54) is 0 Å². The molecule has 5 nitrogen and oxygen atoms in total. The summed E-state index contributed by atoms with van der Waals surface area (Å²) in [6.45, 7) is 6.41. The third-order valence-corrected chi connectivity index (χ3v) is 2.39. The van der Waals surface area contributed by atoms with Crippen LogP contribution in [-0.4, -0.2) is 29.9 Å². The van der Waals surface area contributed by atoms with Crippen molar-refractivity contribution in [3.8, 4) is 0 Å². The highest BCUT2D eigenvalue weighted by Gasteiger charge is 2.13. The summed E-state index contributed by atoms with van der Waals surface area (Å²) in [6.07, 6.45) is 1.69. The topological polar surface area (TPSA) is 59.3 Å². The van der Waals surface area contributed by atoms with Crippen molar-refractivity contribution in [1.82, 2.24) is 15.6 Å². The molecule has 1 rings (SSSR count). The van der Waals surface area contributed by atoms with E-state index < -0.39 is 0 Å². The minimum Gasteiger partial charge on any atom is -0.444 e. The molecule has 17 heavy (non-hydrogen) atoms. The normalized spacial score (nSPS) is 14.1. The summed E-state index contributed by atoms with van der Waals surface area (Å²) in [4.78, 5) is 4.14. The lowest BCUT2D eigenvalue weighted by atomic mass is 10.3. The van der Waals surface area contributed by atoms with E-state index >= 15 is 0 Å². The number of hydrogen-bond acceptors (Lipinski definition) is 4. The molecule has 0 aliphatic carbocycles. The zero-order chi connectivity index (χ0) is 12.8. The van der Waals surface area contributed by atoms with Gasteiger partial charge in [0.2, 0.25) is 5.89 Å². The molecule has 6 heteroatoms. The lowest BCUT2D eigenvalue weighted by molar-refractivity contribution is 0.179. The van der Waals surface area contributed by atoms with Crippen molar-refractivity contribution in [1.29, 1.82) is 0 Å². The van der Waals surface area contributed by atoms with Crippen molar-refractivity contribution >= 4 is 17.3 Å². The summed E-state index contributed by atoms with van der Waals surface area (Å²) in [5, 5.41) is 6.79. The van der Waals surface area contributed by atoms with Gasteiger partial charge in [-0.25, -0.2) is 4.98 Å². The first-order valence-corrected chi connectivity index (χ1v) is 5.92. The molecule has 2 N–H and O–H groups in total. The van der Waals surface area contributed by atoms with Gasteiger partial charge < -0.3 is 19.8 Å². The maximum atomic E-state index is 5.41. The first-order valence-electron chi connectivity index (χ1n) is 5.51. The number of oxazole rings is 1. The fourth-order valence-corrected chi connectivity index (χ4v) is 1.77. The fourth-order valence-electron chi connectivity index (χ4n) is 1.39. The molecule has 0 fully saturated rings. The van der Waals surface area contributed by atoms with E-state index in [0.717, 1.165) is 5.76 Å². The number of nitrogens with one attached hydrogen (secondary N) is 2. The maximum absolute atomic E-state index is 5.41. The first kappa shape index (κ1) is 13.9. The molecule has 96 valence electrons. The number of rotatable bonds is 5. The molecule has 0 radical (unpaired) electrons. The molecular weight excluding hydrogens is 238 g/mol. The summed E-state index contributed by atoms with van der Waals surface area (Å²) in [5.74, 6) is 1.42. The molecule has 2 unspecified atom stereocenters. The van der Waals surface area contributed by atoms with E-state index in [0.29, 0.717) is 17.6 Å². The van der Waals surface area contributed by atoms with Crippen LogP contribution in [-0.2, 0) is 4.74 Å². The average molecular weight is 257 g/mol. The lowest BCUT2D eigenvalue weighted by Gasteiger charge is -2.18. The van der Waals surface area contributed by atoms with Crippen molar-refractivity contribution in [3.63, 3.8) is 0 Å². The zero-order valence-corrected chi connectivity index (χ0v) is 11.4. The first-order chi connectivity index (χ1) is 8.02. The lowest BCUT2D eigenvalue weighted by Crippen LogP contribution is -2.43. The number of methoxy groups -OCH3 is 1. The minimum atomic E-state index is -0.0570. The Morgan fingerprint density at radius 3 is 2.76 bits per heavy atom. The van der Waals surface area contributed by atoms with Crippen LogP contribution >= 0.6 is 12.2 Å². The maximum Gasteiger partial charge on any atom is 0.216 e. The Kier molecular flexibility index (Phi) is 5.37. The van der Waals surface area contributed by atoms with Crippen molar-refractivity contribution in [2.45, 2.75) is 32.9 Å². The third-order valence-electron chi connectivity index (χ3n) is 2.15. The molecule has 1 aromatic heterocycles. The average Bonchev–Trinajstić information content (AvgIpc) is 2.64. The Hall–Kier alpha value is -1.14. The molecule has 0 saturated carbocycles. The van der Waals surface area contributed by atoms with Crippen LogP contribution in [0.2, 0.25) is 0 Å². The van der Waals surface area contributed by atoms with Crippen molar-refractivity contribution in [2.75, 3.05) is 13.7 Å². The monoisotopic (exact) mass is 257 g/mol. The summed E-state index contributed by atoms with van der Waals surface area (Å²) >= 11 is 5.18. The molecule has 0 bridgehead atoms. The third kappa shape index (κ3) is 4.70. The molecule has 0 amide bonds. The van der Waals surface area contributed by atoms with E-state index in [1.807, 2.05) is 20.8 Å². The number of ether oxygens (including phenoxy) is 1. The Balaban J connectivity index is 2.40. The van der Waals surface area contributed by atoms with Gasteiger partial charge in [0.05, 0.1) is 12.8 Å². The summed E-state index contributed by atoms with van der Waals surface area (Å²) in [6, 6.07) is 0.108. The number of aromatic nitrogens is 1. The number of hydrogen-bond donors (Lipinski definition) is 2. The van der Waals surface area contributed by atoms with Gasteiger partial charge in [-0.1, -0.05) is 0 Å². The van der Waals surface area contributed by atoms with Crippen LogP contribution in [0.5, 0.6) is 0 Å². The molecule has 0 spiro atoms. The molecule has 1 heterocycles. The van der Waals surface area contributed by atoms with Gasteiger partial charge in [0, 0.05) is 13.2 Å². The predicted octanol–water partition coefficient (Wildman–Crippen LogP) is 1.54. The van der Waals surface area contributed by atoms with E-state index in [1.54, 1.807) is 13.3 Å². The predicted molar refractivity (Wildman–Crippen MR) is 69.9 cm³/mol. The second-order valence-electron chi connectivity index (χ2n) is 4.01. The van der Waals surface area contributed by atoms with Gasteiger partial charge in [0.15, 0.2) is 5.11 Å². The van der Waals surface area contributed by atoms with Crippen LogP contribution in [0.3, 0.4) is 0 Å². The van der Waals surface area contributed by atoms with E-state index in [-0.39, 0.29) is 12.1 Å². The van der Waals surface area contributed by atoms with Gasteiger partial charge in [-0.2, -0.15) is 0 Å². The minimum absolute atomic E-state index is 0.0570. The number of aryl methyl sites for hydroxylation is 1. The molecule has 2 atom stereocenters. The number of thiocarbonyl (C=S) groups is 1. The molecular formula is C11H19N3O2S. The Morgan fingerprint density at radius 1 is 1.53 bits per heavy atom. The van der Waals surface area contributed by atoms with Crippen molar-refractivity contribution in [2.24, 2.45) is 0 Å². The second kappa shape index (κ2) is 6.56. The molecule has 0 saturated heterocycles. The zero-order valence-electron chi connectivity index (χ0n) is 10.6. The highest BCUT2D eigenvalue weighted by atomic mass is 32.1. The van der Waals surface area contributed by atoms with Gasteiger partial charge in [-0.15, -0.1) is 0 Å². The van der Waals surface area contributed by atoms with Crippen LogP contribution in [0.1, 0.15) is 31.5 Å². The Bertz CT molecular complexity index is 367. The smallest absolute Gasteiger partial charge is 0.216 e. The SMILES string of the molecule is COCC(C)NC(=S)NC(C)c1ncc(C)o1. The van der Waals surface area contributed by atoms with E-state index in [9.17, 15) is 0 Å². The van der Waals surface area contributed by atoms with Crippen LogP contribution in [0, 0.1) is 6.92 Å². The number of nitrogens with zero attached hydrogens (tertiary/aromatic N) is 1. The molecule has 0 aliphatic heterocycles. The van der Waals surface area contributed by atoms with Crippen molar-refractivity contribution < 1.29 is 9.15 Å². The van der Waals surface area contributed by atoms with Crippen LogP contribution in [0.25, 0.3) is 0 Å². The quantitative estimate of drug-likeness (QED) is 0.780. The second-order valence-corrected chi connectivity index (χ2v) is 4.41.